The van der Waals surface area contributed by atoms with Crippen LogP contribution in [-0.4, -0.2) is 41.5 Å². The van der Waals surface area contributed by atoms with Crippen LogP contribution in [0.15, 0.2) is 18.2 Å². The van der Waals surface area contributed by atoms with Gasteiger partial charge in [0.1, 0.15) is 5.82 Å². The standard InChI is InChI=1S/C16H21FN4O/c1-9-12-5-10(17)3-4-13(12)20-14(9)8-21-7-11(18)6-15(21)16(22)19-2/h3-5,11,15,20H,6-8,18H2,1-2H3,(H,19,22)/t11-,15-/m0/s1. The minimum atomic E-state index is -0.243. The van der Waals surface area contributed by atoms with Crippen LogP contribution in [0, 0.1) is 12.7 Å². The number of aromatic amines is 1. The summed E-state index contributed by atoms with van der Waals surface area (Å²) in [6.45, 7) is 3.26. The number of nitrogens with two attached hydrogens (primary N) is 1. The van der Waals surface area contributed by atoms with E-state index in [0.717, 1.165) is 22.2 Å². The molecule has 2 atom stereocenters. The average molecular weight is 304 g/mol. The van der Waals surface area contributed by atoms with E-state index in [1.54, 1.807) is 13.1 Å². The molecule has 1 aromatic carbocycles. The highest BCUT2D eigenvalue weighted by atomic mass is 19.1. The van der Waals surface area contributed by atoms with Gasteiger partial charge in [-0.05, 0) is 37.1 Å². The SMILES string of the molecule is CNC(=O)[C@@H]1C[C@H](N)CN1Cc1[nH]c2ccc(F)cc2c1C. The Kier molecular flexibility index (Phi) is 3.88. The van der Waals surface area contributed by atoms with Crippen molar-refractivity contribution in [1.82, 2.24) is 15.2 Å². The Balaban J connectivity index is 1.89. The zero-order chi connectivity index (χ0) is 15.9. The third-order valence-corrected chi connectivity index (χ3v) is 4.47. The molecule has 6 heteroatoms. The molecule has 1 aliphatic rings. The number of benzene rings is 1. The van der Waals surface area contributed by atoms with Crippen molar-refractivity contribution in [2.75, 3.05) is 13.6 Å². The Bertz CT molecular complexity index is 711. The maximum atomic E-state index is 13.4. The predicted octanol–water partition coefficient (Wildman–Crippen LogP) is 1.26. The van der Waals surface area contributed by atoms with Crippen molar-refractivity contribution in [1.29, 1.82) is 0 Å². The van der Waals surface area contributed by atoms with E-state index in [1.165, 1.54) is 12.1 Å². The summed E-state index contributed by atoms with van der Waals surface area (Å²) in [6, 6.07) is 4.53. The van der Waals surface area contributed by atoms with Gasteiger partial charge in [0, 0.05) is 42.8 Å². The monoisotopic (exact) mass is 304 g/mol. The summed E-state index contributed by atoms with van der Waals surface area (Å²) in [7, 11) is 1.64. The lowest BCUT2D eigenvalue weighted by Gasteiger charge is -2.22. The van der Waals surface area contributed by atoms with Crippen molar-refractivity contribution in [3.05, 3.63) is 35.3 Å². The maximum Gasteiger partial charge on any atom is 0.237 e. The molecular formula is C16H21FN4O. The van der Waals surface area contributed by atoms with Gasteiger partial charge in [-0.15, -0.1) is 0 Å². The zero-order valence-corrected chi connectivity index (χ0v) is 12.8. The number of aryl methyl sites for hydroxylation is 1. The normalized spacial score (nSPS) is 22.4. The van der Waals surface area contributed by atoms with Gasteiger partial charge in [0.25, 0.3) is 0 Å². The van der Waals surface area contributed by atoms with E-state index in [-0.39, 0.29) is 23.8 Å². The van der Waals surface area contributed by atoms with Crippen LogP contribution >= 0.6 is 0 Å². The van der Waals surface area contributed by atoms with Gasteiger partial charge in [0.05, 0.1) is 6.04 Å². The predicted molar refractivity (Wildman–Crippen MR) is 83.9 cm³/mol. The lowest BCUT2D eigenvalue weighted by Crippen LogP contribution is -2.41. The lowest BCUT2D eigenvalue weighted by molar-refractivity contribution is -0.125. The number of likely N-dealkylation sites (N-methyl/N-ethyl adjacent to an activating group) is 1. The first-order valence-electron chi connectivity index (χ1n) is 7.47. The molecule has 0 unspecified atom stereocenters. The summed E-state index contributed by atoms with van der Waals surface area (Å²) in [5.41, 5.74) is 8.95. The third-order valence-electron chi connectivity index (χ3n) is 4.47. The average Bonchev–Trinajstić information content (AvgIpc) is 3.00. The molecule has 2 heterocycles. The number of aromatic nitrogens is 1. The van der Waals surface area contributed by atoms with Crippen molar-refractivity contribution >= 4 is 16.8 Å². The van der Waals surface area contributed by atoms with Crippen LogP contribution in [0.25, 0.3) is 10.9 Å². The number of carbonyl (C=O) groups is 1. The number of rotatable bonds is 3. The topological polar surface area (TPSA) is 74.2 Å². The Morgan fingerprint density at radius 1 is 1.55 bits per heavy atom. The molecule has 1 aliphatic heterocycles. The van der Waals surface area contributed by atoms with Crippen LogP contribution in [0.3, 0.4) is 0 Å². The smallest absolute Gasteiger partial charge is 0.237 e. The quantitative estimate of drug-likeness (QED) is 0.799. The van der Waals surface area contributed by atoms with E-state index in [1.807, 2.05) is 6.92 Å². The molecule has 0 radical (unpaired) electrons. The lowest BCUT2D eigenvalue weighted by atomic mass is 10.1. The highest BCUT2D eigenvalue weighted by Crippen LogP contribution is 2.26. The van der Waals surface area contributed by atoms with Gasteiger partial charge in [0.15, 0.2) is 0 Å². The van der Waals surface area contributed by atoms with Crippen LogP contribution in [0.5, 0.6) is 0 Å². The van der Waals surface area contributed by atoms with Crippen molar-refractivity contribution in [3.63, 3.8) is 0 Å². The highest BCUT2D eigenvalue weighted by molar-refractivity contribution is 5.84. The van der Waals surface area contributed by atoms with Crippen molar-refractivity contribution in [2.45, 2.75) is 32.0 Å². The Hall–Kier alpha value is -1.92. The number of fused-ring (bicyclic) bond motifs is 1. The van der Waals surface area contributed by atoms with E-state index in [0.29, 0.717) is 19.5 Å². The van der Waals surface area contributed by atoms with Crippen LogP contribution in [0.1, 0.15) is 17.7 Å². The molecule has 5 nitrogen and oxygen atoms in total. The van der Waals surface area contributed by atoms with Crippen molar-refractivity contribution in [2.24, 2.45) is 5.73 Å². The second-order valence-corrected chi connectivity index (χ2v) is 5.97. The molecule has 22 heavy (non-hydrogen) atoms. The van der Waals surface area contributed by atoms with E-state index in [4.69, 9.17) is 5.73 Å². The minimum absolute atomic E-state index is 0.00410. The van der Waals surface area contributed by atoms with Gasteiger partial charge >= 0.3 is 0 Å². The number of nitrogens with zero attached hydrogens (tertiary/aromatic N) is 1. The first-order chi connectivity index (χ1) is 10.5. The molecule has 3 rings (SSSR count). The van der Waals surface area contributed by atoms with Gasteiger partial charge in [-0.25, -0.2) is 4.39 Å². The van der Waals surface area contributed by atoms with Crippen LogP contribution in [0.2, 0.25) is 0 Å². The molecule has 1 amide bonds. The molecule has 1 aromatic heterocycles. The number of H-pyrrole nitrogens is 1. The second-order valence-electron chi connectivity index (χ2n) is 5.97. The summed E-state index contributed by atoms with van der Waals surface area (Å²) < 4.78 is 13.4. The second kappa shape index (κ2) is 5.70. The van der Waals surface area contributed by atoms with E-state index in [9.17, 15) is 9.18 Å². The van der Waals surface area contributed by atoms with Gasteiger partial charge in [-0.3, -0.25) is 9.69 Å². The van der Waals surface area contributed by atoms with Crippen LogP contribution in [0.4, 0.5) is 4.39 Å². The highest BCUT2D eigenvalue weighted by Gasteiger charge is 2.35. The van der Waals surface area contributed by atoms with E-state index in [2.05, 4.69) is 15.2 Å². The van der Waals surface area contributed by atoms with E-state index < -0.39 is 0 Å². The van der Waals surface area contributed by atoms with Crippen LogP contribution in [-0.2, 0) is 11.3 Å². The number of hydrogen-bond donors (Lipinski definition) is 3. The summed E-state index contributed by atoms with van der Waals surface area (Å²) in [5.74, 6) is -0.250. The molecule has 0 bridgehead atoms. The number of likely N-dealkylation sites (tertiary alicyclic amines) is 1. The molecule has 2 aromatic rings. The summed E-state index contributed by atoms with van der Waals surface area (Å²) in [6.07, 6.45) is 0.660. The number of amides is 1. The molecule has 0 spiro atoms. The van der Waals surface area contributed by atoms with Gasteiger partial charge in [0.2, 0.25) is 5.91 Å². The number of nitrogens with one attached hydrogen (secondary N) is 2. The molecular weight excluding hydrogens is 283 g/mol. The molecule has 4 N–H and O–H groups in total. The minimum Gasteiger partial charge on any atom is -0.358 e. The fourth-order valence-corrected chi connectivity index (χ4v) is 3.27. The summed E-state index contributed by atoms with van der Waals surface area (Å²) in [4.78, 5) is 17.4. The fraction of sp³-hybridized carbons (Fsp3) is 0.438. The van der Waals surface area contributed by atoms with E-state index >= 15 is 0 Å². The first-order valence-corrected chi connectivity index (χ1v) is 7.47. The van der Waals surface area contributed by atoms with Gasteiger partial charge in [-0.2, -0.15) is 0 Å². The Labute approximate surface area is 128 Å². The van der Waals surface area contributed by atoms with Gasteiger partial charge in [-0.1, -0.05) is 0 Å². The number of hydrogen-bond acceptors (Lipinski definition) is 3. The van der Waals surface area contributed by atoms with Crippen LogP contribution < -0.4 is 11.1 Å². The van der Waals surface area contributed by atoms with Crippen molar-refractivity contribution in [3.8, 4) is 0 Å². The Morgan fingerprint density at radius 2 is 2.32 bits per heavy atom. The van der Waals surface area contributed by atoms with Crippen molar-refractivity contribution < 1.29 is 9.18 Å². The summed E-state index contributed by atoms with van der Waals surface area (Å²) >= 11 is 0. The van der Waals surface area contributed by atoms with Gasteiger partial charge < -0.3 is 16.0 Å². The fourth-order valence-electron chi connectivity index (χ4n) is 3.27. The first kappa shape index (κ1) is 15.0. The number of halogens is 1. The maximum absolute atomic E-state index is 13.4. The third kappa shape index (κ3) is 2.60. The molecule has 0 aliphatic carbocycles. The number of carbonyl (C=O) groups excluding carboxylic acids is 1. The molecule has 1 fully saturated rings. The summed E-state index contributed by atoms with van der Waals surface area (Å²) in [5, 5.41) is 3.58. The zero-order valence-electron chi connectivity index (χ0n) is 12.8. The largest absolute Gasteiger partial charge is 0.358 e. The molecule has 0 saturated carbocycles. The Morgan fingerprint density at radius 3 is 3.05 bits per heavy atom. The molecule has 1 saturated heterocycles. The molecule has 118 valence electrons.